The maximum atomic E-state index is 6.46. The lowest BCUT2D eigenvalue weighted by Crippen LogP contribution is -2.28. The Morgan fingerprint density at radius 2 is 1.38 bits per heavy atom. The molecule has 1 saturated heterocycles. The smallest absolute Gasteiger partial charge is 0.108 e. The van der Waals surface area contributed by atoms with Crippen molar-refractivity contribution in [3.63, 3.8) is 0 Å². The molecule has 0 unspecified atom stereocenters. The van der Waals surface area contributed by atoms with Gasteiger partial charge < -0.3 is 10.1 Å². The Morgan fingerprint density at radius 3 is 1.79 bits per heavy atom. The van der Waals surface area contributed by atoms with E-state index < -0.39 is 0 Å². The summed E-state index contributed by atoms with van der Waals surface area (Å²) in [5.41, 5.74) is 7.69. The maximum Gasteiger partial charge on any atom is 0.108 e. The molecule has 128 valence electrons. The van der Waals surface area contributed by atoms with Crippen molar-refractivity contribution in [3.8, 4) is 0 Å². The van der Waals surface area contributed by atoms with E-state index in [2.05, 4.69) is 69.4 Å². The monoisotopic (exact) mass is 323 g/mol. The molecular formula is C22H29NO. The van der Waals surface area contributed by atoms with Crippen LogP contribution in [0.3, 0.4) is 0 Å². The summed E-state index contributed by atoms with van der Waals surface area (Å²) in [6, 6.07) is 14.0. The largest absolute Gasteiger partial charge is 0.367 e. The van der Waals surface area contributed by atoms with Gasteiger partial charge in [-0.1, -0.05) is 58.7 Å². The summed E-state index contributed by atoms with van der Waals surface area (Å²) < 4.78 is 6.46. The minimum absolute atomic E-state index is 0.00426. The van der Waals surface area contributed by atoms with Crippen LogP contribution in [0.15, 0.2) is 36.4 Å². The second-order valence-electron chi connectivity index (χ2n) is 7.35. The molecule has 1 fully saturated rings. The van der Waals surface area contributed by atoms with Gasteiger partial charge in [0.05, 0.1) is 6.61 Å². The zero-order valence-corrected chi connectivity index (χ0v) is 15.4. The average molecular weight is 323 g/mol. The lowest BCUT2D eigenvalue weighted by molar-refractivity contribution is 0.0657. The molecule has 0 radical (unpaired) electrons. The molecule has 1 aliphatic heterocycles. The van der Waals surface area contributed by atoms with Crippen LogP contribution < -0.4 is 5.32 Å². The second kappa shape index (κ2) is 7.50. The predicted molar refractivity (Wildman–Crippen MR) is 101 cm³/mol. The van der Waals surface area contributed by atoms with Crippen molar-refractivity contribution in [2.24, 2.45) is 0 Å². The van der Waals surface area contributed by atoms with Crippen LogP contribution in [-0.4, -0.2) is 19.2 Å². The Balaban J connectivity index is 1.92. The summed E-state index contributed by atoms with van der Waals surface area (Å²) in [5.74, 6) is 0. The number of nitrogens with one attached hydrogen (secondary N) is 1. The van der Waals surface area contributed by atoms with E-state index in [1.165, 1.54) is 46.2 Å². The fraction of sp³-hybridized carbons (Fsp3) is 0.455. The van der Waals surface area contributed by atoms with Crippen LogP contribution in [0.2, 0.25) is 0 Å². The SMILES string of the molecule is Cc1cc(C)cc(C(OC[C@H]2CCCN2)c2cc(C)cc(C)c2)c1. The number of ether oxygens (including phenoxy) is 1. The highest BCUT2D eigenvalue weighted by Gasteiger charge is 2.20. The number of hydrogen-bond acceptors (Lipinski definition) is 2. The van der Waals surface area contributed by atoms with Crippen LogP contribution in [0.5, 0.6) is 0 Å². The molecule has 2 aromatic rings. The van der Waals surface area contributed by atoms with Crippen molar-refractivity contribution in [3.05, 3.63) is 69.8 Å². The van der Waals surface area contributed by atoms with Crippen molar-refractivity contribution in [1.29, 1.82) is 0 Å². The molecule has 0 bridgehead atoms. The van der Waals surface area contributed by atoms with E-state index in [1.807, 2.05) is 0 Å². The molecule has 1 N–H and O–H groups in total. The van der Waals surface area contributed by atoms with E-state index in [0.717, 1.165) is 13.2 Å². The Hall–Kier alpha value is -1.64. The van der Waals surface area contributed by atoms with Gasteiger partial charge in [-0.2, -0.15) is 0 Å². The Kier molecular flexibility index (Phi) is 5.37. The summed E-state index contributed by atoms with van der Waals surface area (Å²) in [5, 5.41) is 3.54. The highest BCUT2D eigenvalue weighted by Crippen LogP contribution is 2.29. The number of aryl methyl sites for hydroxylation is 4. The molecule has 2 heteroatoms. The molecule has 1 heterocycles. The average Bonchev–Trinajstić information content (AvgIpc) is 2.99. The fourth-order valence-electron chi connectivity index (χ4n) is 3.82. The van der Waals surface area contributed by atoms with E-state index in [4.69, 9.17) is 4.74 Å². The minimum atomic E-state index is 0.00426. The number of rotatable bonds is 5. The van der Waals surface area contributed by atoms with Gasteiger partial charge in [-0.15, -0.1) is 0 Å². The lowest BCUT2D eigenvalue weighted by atomic mass is 9.95. The molecule has 1 atom stereocenters. The fourth-order valence-corrected chi connectivity index (χ4v) is 3.82. The molecule has 0 spiro atoms. The van der Waals surface area contributed by atoms with E-state index in [1.54, 1.807) is 0 Å². The van der Waals surface area contributed by atoms with Crippen LogP contribution in [0.4, 0.5) is 0 Å². The molecule has 2 aromatic carbocycles. The van der Waals surface area contributed by atoms with Crippen LogP contribution in [0.25, 0.3) is 0 Å². The van der Waals surface area contributed by atoms with Crippen LogP contribution in [0.1, 0.15) is 52.3 Å². The van der Waals surface area contributed by atoms with Crippen LogP contribution >= 0.6 is 0 Å². The van der Waals surface area contributed by atoms with Gasteiger partial charge in [-0.25, -0.2) is 0 Å². The van der Waals surface area contributed by atoms with Crippen molar-refractivity contribution >= 4 is 0 Å². The summed E-state index contributed by atoms with van der Waals surface area (Å²) in [7, 11) is 0. The minimum Gasteiger partial charge on any atom is -0.367 e. The van der Waals surface area contributed by atoms with Gasteiger partial charge >= 0.3 is 0 Å². The van der Waals surface area contributed by atoms with Crippen molar-refractivity contribution in [2.75, 3.05) is 13.2 Å². The molecule has 0 saturated carbocycles. The standard InChI is InChI=1S/C22H29NO/c1-15-8-16(2)11-19(10-15)22(24-14-21-6-5-7-23-21)20-12-17(3)9-18(4)13-20/h8-13,21-23H,5-7,14H2,1-4H3/t21-/m1/s1. The molecule has 1 aliphatic rings. The van der Waals surface area contributed by atoms with Crippen LogP contribution in [0, 0.1) is 27.7 Å². The van der Waals surface area contributed by atoms with Gasteiger partial charge in [-0.3, -0.25) is 0 Å². The highest BCUT2D eigenvalue weighted by atomic mass is 16.5. The first-order valence-corrected chi connectivity index (χ1v) is 9.02. The Morgan fingerprint density at radius 1 is 0.875 bits per heavy atom. The summed E-state index contributed by atoms with van der Waals surface area (Å²) in [6.07, 6.45) is 2.47. The van der Waals surface area contributed by atoms with Crippen molar-refractivity contribution in [1.82, 2.24) is 5.32 Å². The van der Waals surface area contributed by atoms with Gasteiger partial charge in [0.2, 0.25) is 0 Å². The number of hydrogen-bond donors (Lipinski definition) is 1. The van der Waals surface area contributed by atoms with Gasteiger partial charge in [-0.05, 0) is 58.2 Å². The van der Waals surface area contributed by atoms with Crippen molar-refractivity contribution in [2.45, 2.75) is 52.7 Å². The number of benzene rings is 2. The summed E-state index contributed by atoms with van der Waals surface area (Å²) >= 11 is 0. The molecule has 0 aromatic heterocycles. The van der Waals surface area contributed by atoms with E-state index in [0.29, 0.717) is 6.04 Å². The third-order valence-electron chi connectivity index (χ3n) is 4.72. The first-order chi connectivity index (χ1) is 11.5. The normalized spacial score (nSPS) is 17.6. The molecule has 0 aliphatic carbocycles. The van der Waals surface area contributed by atoms with Gasteiger partial charge in [0.25, 0.3) is 0 Å². The first-order valence-electron chi connectivity index (χ1n) is 9.02. The van der Waals surface area contributed by atoms with Gasteiger partial charge in [0.1, 0.15) is 6.10 Å². The predicted octanol–water partition coefficient (Wildman–Crippen LogP) is 4.78. The topological polar surface area (TPSA) is 21.3 Å². The molecule has 0 amide bonds. The van der Waals surface area contributed by atoms with E-state index in [9.17, 15) is 0 Å². The molecule has 24 heavy (non-hydrogen) atoms. The third kappa shape index (κ3) is 4.25. The van der Waals surface area contributed by atoms with Gasteiger partial charge in [0, 0.05) is 6.04 Å². The van der Waals surface area contributed by atoms with E-state index >= 15 is 0 Å². The molecule has 3 rings (SSSR count). The second-order valence-corrected chi connectivity index (χ2v) is 7.35. The quantitative estimate of drug-likeness (QED) is 0.855. The summed E-state index contributed by atoms with van der Waals surface area (Å²) in [4.78, 5) is 0. The van der Waals surface area contributed by atoms with Crippen molar-refractivity contribution < 1.29 is 4.74 Å². The lowest BCUT2D eigenvalue weighted by Gasteiger charge is -2.23. The van der Waals surface area contributed by atoms with Gasteiger partial charge in [0.15, 0.2) is 0 Å². The maximum absolute atomic E-state index is 6.46. The van der Waals surface area contributed by atoms with Crippen LogP contribution in [-0.2, 0) is 4.74 Å². The first kappa shape index (κ1) is 17.2. The van der Waals surface area contributed by atoms with E-state index in [-0.39, 0.29) is 6.10 Å². The zero-order chi connectivity index (χ0) is 17.1. The molecule has 2 nitrogen and oxygen atoms in total. The summed E-state index contributed by atoms with van der Waals surface area (Å²) in [6.45, 7) is 10.5. The highest BCUT2D eigenvalue weighted by molar-refractivity contribution is 5.38. The Bertz CT molecular complexity index is 609. The molecular weight excluding hydrogens is 294 g/mol. The Labute approximate surface area is 146 Å². The third-order valence-corrected chi connectivity index (χ3v) is 4.72. The zero-order valence-electron chi connectivity index (χ0n) is 15.4.